The minimum Gasteiger partial charge on any atom is -0.371 e. The molecule has 1 aliphatic carbocycles. The van der Waals surface area contributed by atoms with Crippen LogP contribution in [0.25, 0.3) is 10.9 Å². The highest BCUT2D eigenvalue weighted by molar-refractivity contribution is 6.31. The number of anilines is 2. The number of carbonyl (C=O) groups is 2. The lowest BCUT2D eigenvalue weighted by Crippen LogP contribution is -2.43. The van der Waals surface area contributed by atoms with Gasteiger partial charge in [0, 0.05) is 52.9 Å². The number of aryl methyl sites for hydroxylation is 1. The monoisotopic (exact) mass is 560 g/mol. The molecule has 10 heteroatoms. The van der Waals surface area contributed by atoms with Gasteiger partial charge in [-0.05, 0) is 87.1 Å². The van der Waals surface area contributed by atoms with Crippen LogP contribution >= 0.6 is 11.6 Å². The first-order chi connectivity index (χ1) is 18.5. The van der Waals surface area contributed by atoms with Gasteiger partial charge in [-0.2, -0.15) is 13.2 Å². The number of alkyl halides is 3. The minimum atomic E-state index is -4.57. The van der Waals surface area contributed by atoms with Crippen LogP contribution in [0.2, 0.25) is 5.02 Å². The number of aromatic nitrogens is 1. The van der Waals surface area contributed by atoms with Gasteiger partial charge in [0.2, 0.25) is 5.91 Å². The van der Waals surface area contributed by atoms with Crippen molar-refractivity contribution in [1.82, 2.24) is 10.3 Å². The second-order valence-corrected chi connectivity index (χ2v) is 10.5. The van der Waals surface area contributed by atoms with Crippen molar-refractivity contribution in [3.8, 4) is 0 Å². The number of hydrogen-bond acceptors (Lipinski definition) is 4. The molecule has 6 nitrogen and oxygen atoms in total. The number of carbonyl (C=O) groups excluding carboxylic acids is 2. The fraction of sp³-hybridized carbons (Fsp3) is 0.414. The maximum Gasteiger partial charge on any atom is 0.433 e. The third-order valence-corrected chi connectivity index (χ3v) is 7.47. The molecule has 1 fully saturated rings. The van der Waals surface area contributed by atoms with Gasteiger partial charge in [-0.25, -0.2) is 4.98 Å². The summed E-state index contributed by atoms with van der Waals surface area (Å²) in [6.45, 7) is 3.78. The predicted molar refractivity (Wildman–Crippen MR) is 148 cm³/mol. The number of pyridine rings is 1. The molecule has 0 atom stereocenters. The average Bonchev–Trinajstić information content (AvgIpc) is 2.89. The van der Waals surface area contributed by atoms with E-state index in [1.165, 1.54) is 12.1 Å². The lowest BCUT2D eigenvalue weighted by Gasteiger charge is -2.37. The van der Waals surface area contributed by atoms with Crippen molar-refractivity contribution in [2.24, 2.45) is 0 Å². The molecule has 0 radical (unpaired) electrons. The number of amides is 2. The van der Waals surface area contributed by atoms with Crippen molar-refractivity contribution in [2.75, 3.05) is 17.3 Å². The molecule has 1 aliphatic rings. The number of rotatable bonds is 7. The lowest BCUT2D eigenvalue weighted by atomic mass is 9.89. The number of nitrogens with one attached hydrogen (secondary N) is 2. The Hall–Kier alpha value is -3.33. The van der Waals surface area contributed by atoms with Gasteiger partial charge in [0.05, 0.1) is 5.52 Å². The summed E-state index contributed by atoms with van der Waals surface area (Å²) in [6, 6.07) is 10.9. The Morgan fingerprint density at radius 3 is 2.44 bits per heavy atom. The molecule has 0 aliphatic heterocycles. The molecule has 208 valence electrons. The van der Waals surface area contributed by atoms with Crippen LogP contribution in [-0.4, -0.2) is 35.9 Å². The van der Waals surface area contributed by atoms with Gasteiger partial charge >= 0.3 is 6.18 Å². The van der Waals surface area contributed by atoms with E-state index in [4.69, 9.17) is 11.6 Å². The molecule has 1 aromatic heterocycles. The van der Waals surface area contributed by atoms with Crippen LogP contribution in [0.4, 0.5) is 24.5 Å². The molecule has 0 saturated heterocycles. The fourth-order valence-corrected chi connectivity index (χ4v) is 5.25. The highest BCUT2D eigenvalue weighted by atomic mass is 35.5. The molecule has 4 rings (SSSR count). The SMILES string of the molecule is CCCC(=O)Nc1ccc(C(=O)NC2CCC(N(C)c3cc(C(F)(F)F)nc4ccc(Cl)cc34)CC2)cc1C. The Bertz CT molecular complexity index is 1370. The first-order valence-electron chi connectivity index (χ1n) is 13.1. The first-order valence-corrected chi connectivity index (χ1v) is 13.5. The molecular weight excluding hydrogens is 529 g/mol. The Morgan fingerprint density at radius 2 is 1.79 bits per heavy atom. The zero-order valence-electron chi connectivity index (χ0n) is 22.2. The van der Waals surface area contributed by atoms with Crippen molar-refractivity contribution in [3.63, 3.8) is 0 Å². The van der Waals surface area contributed by atoms with E-state index >= 15 is 0 Å². The largest absolute Gasteiger partial charge is 0.433 e. The number of fused-ring (bicyclic) bond motifs is 1. The van der Waals surface area contributed by atoms with Crippen LogP contribution in [0.15, 0.2) is 42.5 Å². The Kier molecular flexibility index (Phi) is 8.69. The van der Waals surface area contributed by atoms with Gasteiger partial charge in [-0.1, -0.05) is 18.5 Å². The zero-order valence-corrected chi connectivity index (χ0v) is 22.9. The van der Waals surface area contributed by atoms with Crippen molar-refractivity contribution < 1.29 is 22.8 Å². The van der Waals surface area contributed by atoms with Crippen molar-refractivity contribution in [2.45, 2.75) is 70.6 Å². The molecule has 39 heavy (non-hydrogen) atoms. The molecule has 0 unspecified atom stereocenters. The van der Waals surface area contributed by atoms with Crippen LogP contribution in [-0.2, 0) is 11.0 Å². The molecule has 1 heterocycles. The second kappa shape index (κ2) is 11.8. The number of hydrogen-bond donors (Lipinski definition) is 2. The maximum atomic E-state index is 13.6. The van der Waals surface area contributed by atoms with Gasteiger partial charge in [0.15, 0.2) is 0 Å². The summed E-state index contributed by atoms with van der Waals surface area (Å²) in [5.41, 5.74) is 1.74. The molecule has 1 saturated carbocycles. The molecule has 0 bridgehead atoms. The van der Waals surface area contributed by atoms with Gasteiger partial charge in [0.1, 0.15) is 5.69 Å². The summed E-state index contributed by atoms with van der Waals surface area (Å²) >= 11 is 6.15. The van der Waals surface area contributed by atoms with E-state index in [0.717, 1.165) is 18.1 Å². The Labute approximate surface area is 230 Å². The lowest BCUT2D eigenvalue weighted by molar-refractivity contribution is -0.140. The van der Waals surface area contributed by atoms with Crippen molar-refractivity contribution >= 4 is 45.7 Å². The summed E-state index contributed by atoms with van der Waals surface area (Å²) < 4.78 is 40.7. The van der Waals surface area contributed by atoms with E-state index in [2.05, 4.69) is 15.6 Å². The second-order valence-electron chi connectivity index (χ2n) is 10.1. The molecule has 2 N–H and O–H groups in total. The van der Waals surface area contributed by atoms with E-state index in [1.807, 2.05) is 18.7 Å². The first kappa shape index (κ1) is 28.7. The predicted octanol–water partition coefficient (Wildman–Crippen LogP) is 7.13. The summed E-state index contributed by atoms with van der Waals surface area (Å²) in [7, 11) is 1.79. The van der Waals surface area contributed by atoms with Crippen LogP contribution in [0.5, 0.6) is 0 Å². The van der Waals surface area contributed by atoms with Gasteiger partial charge in [-0.15, -0.1) is 0 Å². The Balaban J connectivity index is 1.42. The third-order valence-electron chi connectivity index (χ3n) is 7.24. The normalized spacial score (nSPS) is 17.6. The standard InChI is InChI=1S/C29H32ClF3N4O2/c1-4-5-27(38)36-23-12-6-18(14-17(23)2)28(39)34-20-8-10-21(11-9-20)37(3)25-16-26(29(31,32)33)35-24-13-7-19(30)15-22(24)25/h6-7,12-16,20-21H,4-5,8-11H2,1-3H3,(H,34,39)(H,36,38). The summed E-state index contributed by atoms with van der Waals surface area (Å²) in [4.78, 5) is 30.5. The van der Waals surface area contributed by atoms with E-state index in [-0.39, 0.29) is 29.4 Å². The molecule has 3 aromatic rings. The number of benzene rings is 2. The average molecular weight is 561 g/mol. The number of halogens is 4. The third kappa shape index (κ3) is 6.82. The molecular formula is C29H32ClF3N4O2. The molecule has 2 aromatic carbocycles. The van der Waals surface area contributed by atoms with Gasteiger partial charge in [-0.3, -0.25) is 9.59 Å². The van der Waals surface area contributed by atoms with E-state index in [1.54, 1.807) is 31.3 Å². The minimum absolute atomic E-state index is 0.00271. The van der Waals surface area contributed by atoms with Crippen molar-refractivity contribution in [3.05, 3.63) is 64.3 Å². The number of nitrogens with zero attached hydrogens (tertiary/aromatic N) is 2. The van der Waals surface area contributed by atoms with E-state index in [9.17, 15) is 22.8 Å². The fourth-order valence-electron chi connectivity index (χ4n) is 5.08. The quantitative estimate of drug-likeness (QED) is 0.322. The van der Waals surface area contributed by atoms with Crippen LogP contribution in [0.1, 0.15) is 67.1 Å². The molecule has 2 amide bonds. The maximum absolute atomic E-state index is 13.6. The van der Waals surface area contributed by atoms with Crippen molar-refractivity contribution in [1.29, 1.82) is 0 Å². The topological polar surface area (TPSA) is 74.3 Å². The highest BCUT2D eigenvalue weighted by Crippen LogP contribution is 2.37. The summed E-state index contributed by atoms with van der Waals surface area (Å²) in [6.07, 6.45) is -0.576. The molecule has 0 spiro atoms. The van der Waals surface area contributed by atoms with Crippen LogP contribution in [0, 0.1) is 6.92 Å². The van der Waals surface area contributed by atoms with Crippen LogP contribution < -0.4 is 15.5 Å². The van der Waals surface area contributed by atoms with Gasteiger partial charge in [0.25, 0.3) is 5.91 Å². The highest BCUT2D eigenvalue weighted by Gasteiger charge is 2.35. The van der Waals surface area contributed by atoms with E-state index < -0.39 is 11.9 Å². The summed E-state index contributed by atoms with van der Waals surface area (Å²) in [5.74, 6) is -0.247. The Morgan fingerprint density at radius 1 is 1.08 bits per heavy atom. The van der Waals surface area contributed by atoms with E-state index in [0.29, 0.717) is 59.5 Å². The van der Waals surface area contributed by atoms with Gasteiger partial charge < -0.3 is 15.5 Å². The van der Waals surface area contributed by atoms with Crippen LogP contribution in [0.3, 0.4) is 0 Å². The zero-order chi connectivity index (χ0) is 28.3. The smallest absolute Gasteiger partial charge is 0.371 e. The summed E-state index contributed by atoms with van der Waals surface area (Å²) in [5, 5.41) is 6.95.